The molecule has 0 saturated carbocycles. The topological polar surface area (TPSA) is 108 Å². The van der Waals surface area contributed by atoms with Crippen molar-refractivity contribution in [3.63, 3.8) is 0 Å². The van der Waals surface area contributed by atoms with E-state index < -0.39 is 12.0 Å². The molecule has 27 heavy (non-hydrogen) atoms. The number of aromatic nitrogens is 1. The number of amides is 2. The molecule has 2 amide bonds. The van der Waals surface area contributed by atoms with Gasteiger partial charge in [-0.15, -0.1) is 11.3 Å². The fraction of sp³-hybridized carbons (Fsp3) is 0.368. The Balaban J connectivity index is 1.98. The summed E-state index contributed by atoms with van der Waals surface area (Å²) in [6, 6.07) is 8.28. The first kappa shape index (κ1) is 20.6. The van der Waals surface area contributed by atoms with Crippen molar-refractivity contribution < 1.29 is 19.5 Å². The molecule has 0 saturated heterocycles. The third-order valence-electron chi connectivity index (χ3n) is 3.70. The lowest BCUT2D eigenvalue weighted by molar-refractivity contribution is -0.129. The molecule has 0 bridgehead atoms. The Morgan fingerprint density at radius 1 is 1.19 bits per heavy atom. The van der Waals surface area contributed by atoms with Crippen LogP contribution in [-0.2, 0) is 16.0 Å². The van der Waals surface area contributed by atoms with Gasteiger partial charge in [-0.2, -0.15) is 0 Å². The number of benzene rings is 1. The zero-order valence-corrected chi connectivity index (χ0v) is 16.1. The number of carbonyl (C=O) groups is 3. The van der Waals surface area contributed by atoms with Gasteiger partial charge in [0.05, 0.1) is 5.01 Å². The van der Waals surface area contributed by atoms with Crippen molar-refractivity contribution in [2.45, 2.75) is 32.7 Å². The van der Waals surface area contributed by atoms with Crippen LogP contribution in [0.1, 0.15) is 47.4 Å². The lowest BCUT2D eigenvalue weighted by atomic mass is 10.0. The van der Waals surface area contributed by atoms with E-state index in [0.717, 1.165) is 0 Å². The molecule has 0 spiro atoms. The van der Waals surface area contributed by atoms with Gasteiger partial charge >= 0.3 is 5.97 Å². The fourth-order valence-corrected chi connectivity index (χ4v) is 3.23. The van der Waals surface area contributed by atoms with E-state index in [9.17, 15) is 14.4 Å². The van der Waals surface area contributed by atoms with Gasteiger partial charge in [0, 0.05) is 24.8 Å². The number of hydrogen-bond acceptors (Lipinski definition) is 5. The highest BCUT2D eigenvalue weighted by atomic mass is 32.1. The molecule has 8 heteroatoms. The van der Waals surface area contributed by atoms with Crippen molar-refractivity contribution >= 4 is 29.1 Å². The van der Waals surface area contributed by atoms with Gasteiger partial charge in [0.25, 0.3) is 0 Å². The van der Waals surface area contributed by atoms with E-state index in [1.807, 2.05) is 32.0 Å². The van der Waals surface area contributed by atoms with Gasteiger partial charge in [-0.1, -0.05) is 44.2 Å². The van der Waals surface area contributed by atoms with Gasteiger partial charge in [0.15, 0.2) is 5.69 Å². The normalized spacial score (nSPS) is 11.8. The zero-order chi connectivity index (χ0) is 19.8. The highest BCUT2D eigenvalue weighted by Crippen LogP contribution is 2.14. The molecule has 0 aliphatic carbocycles. The summed E-state index contributed by atoms with van der Waals surface area (Å²) in [4.78, 5) is 39.6. The summed E-state index contributed by atoms with van der Waals surface area (Å²) in [5.41, 5.74) is 0.707. The monoisotopic (exact) mass is 389 g/mol. The molecule has 0 aliphatic rings. The molecule has 144 valence electrons. The zero-order valence-electron chi connectivity index (χ0n) is 15.3. The average molecular weight is 389 g/mol. The molecule has 1 unspecified atom stereocenters. The van der Waals surface area contributed by atoms with Crippen molar-refractivity contribution in [3.8, 4) is 0 Å². The van der Waals surface area contributed by atoms with Gasteiger partial charge in [-0.05, 0) is 11.5 Å². The third-order valence-corrected chi connectivity index (χ3v) is 4.61. The SMILES string of the molecule is CC(C)CC(=O)NC(C(=O)NCCc1nc(C(=O)O)cs1)c1ccccc1. The molecule has 1 heterocycles. The van der Waals surface area contributed by atoms with Crippen LogP contribution in [0.25, 0.3) is 0 Å². The number of nitrogens with zero attached hydrogens (tertiary/aromatic N) is 1. The summed E-state index contributed by atoms with van der Waals surface area (Å²) >= 11 is 1.24. The molecule has 7 nitrogen and oxygen atoms in total. The van der Waals surface area contributed by atoms with Gasteiger partial charge in [-0.3, -0.25) is 9.59 Å². The number of hydrogen-bond donors (Lipinski definition) is 3. The molecule has 2 aromatic rings. The first-order valence-electron chi connectivity index (χ1n) is 8.66. The summed E-state index contributed by atoms with van der Waals surface area (Å²) in [6.07, 6.45) is 0.763. The minimum absolute atomic E-state index is 0.00411. The number of carboxylic acids is 1. The number of nitrogens with one attached hydrogen (secondary N) is 2. The summed E-state index contributed by atoms with van der Waals surface area (Å²) in [5.74, 6) is -1.37. The van der Waals surface area contributed by atoms with Crippen molar-refractivity contribution in [2.24, 2.45) is 5.92 Å². The first-order valence-corrected chi connectivity index (χ1v) is 9.54. The molecular formula is C19H23N3O4S. The molecule has 1 atom stereocenters. The molecule has 0 fully saturated rings. The second-order valence-electron chi connectivity index (χ2n) is 6.48. The smallest absolute Gasteiger partial charge is 0.355 e. The molecule has 0 radical (unpaired) electrons. The number of carbonyl (C=O) groups excluding carboxylic acids is 2. The van der Waals surface area contributed by atoms with Crippen LogP contribution in [-0.4, -0.2) is 34.4 Å². The van der Waals surface area contributed by atoms with Gasteiger partial charge in [-0.25, -0.2) is 9.78 Å². The molecule has 3 N–H and O–H groups in total. The number of carboxylic acid groups (broad SMARTS) is 1. The van der Waals surface area contributed by atoms with E-state index in [4.69, 9.17) is 5.11 Å². The highest BCUT2D eigenvalue weighted by Gasteiger charge is 2.22. The summed E-state index contributed by atoms with van der Waals surface area (Å²) in [6.45, 7) is 4.18. The van der Waals surface area contributed by atoms with Crippen LogP contribution in [0.15, 0.2) is 35.7 Å². The van der Waals surface area contributed by atoms with Crippen molar-refractivity contribution in [1.29, 1.82) is 0 Å². The predicted molar refractivity (Wildman–Crippen MR) is 103 cm³/mol. The Labute approximate surface area is 161 Å². The van der Waals surface area contributed by atoms with Gasteiger partial charge in [0.2, 0.25) is 11.8 Å². The van der Waals surface area contributed by atoms with Crippen LogP contribution in [0.5, 0.6) is 0 Å². The third kappa shape index (κ3) is 6.49. The lowest BCUT2D eigenvalue weighted by Crippen LogP contribution is -2.41. The van der Waals surface area contributed by atoms with E-state index in [2.05, 4.69) is 15.6 Å². The number of aromatic carboxylic acids is 1. The maximum absolute atomic E-state index is 12.6. The Morgan fingerprint density at radius 2 is 1.89 bits per heavy atom. The first-order chi connectivity index (χ1) is 12.9. The van der Waals surface area contributed by atoms with Crippen LogP contribution in [0, 0.1) is 5.92 Å². The molecule has 2 rings (SSSR count). The summed E-state index contributed by atoms with van der Waals surface area (Å²) < 4.78 is 0. The van der Waals surface area contributed by atoms with Crippen molar-refractivity contribution in [1.82, 2.24) is 15.6 Å². The molecular weight excluding hydrogens is 366 g/mol. The highest BCUT2D eigenvalue weighted by molar-refractivity contribution is 7.09. The summed E-state index contributed by atoms with van der Waals surface area (Å²) in [5, 5.41) is 16.6. The average Bonchev–Trinajstić information content (AvgIpc) is 3.09. The van der Waals surface area contributed by atoms with Gasteiger partial charge in [0.1, 0.15) is 6.04 Å². The maximum Gasteiger partial charge on any atom is 0.355 e. The standard InChI is InChI=1S/C19H23N3O4S/c1-12(2)10-15(23)22-17(13-6-4-3-5-7-13)18(24)20-9-8-16-21-14(11-27-16)19(25)26/h3-7,11-12,17H,8-10H2,1-2H3,(H,20,24)(H,22,23)(H,25,26). The van der Waals surface area contributed by atoms with E-state index in [1.165, 1.54) is 16.7 Å². The largest absolute Gasteiger partial charge is 0.476 e. The van der Waals surface area contributed by atoms with Crippen LogP contribution in [0.2, 0.25) is 0 Å². The Morgan fingerprint density at radius 3 is 2.48 bits per heavy atom. The quantitative estimate of drug-likeness (QED) is 0.610. The van der Waals surface area contributed by atoms with Crippen LogP contribution < -0.4 is 10.6 Å². The minimum atomic E-state index is -1.07. The summed E-state index contributed by atoms with van der Waals surface area (Å²) in [7, 11) is 0. The van der Waals surface area contributed by atoms with E-state index >= 15 is 0 Å². The second kappa shape index (κ2) is 9.82. The Hall–Kier alpha value is -2.74. The molecule has 1 aromatic heterocycles. The maximum atomic E-state index is 12.6. The van der Waals surface area contributed by atoms with E-state index in [-0.39, 0.29) is 23.4 Å². The second-order valence-corrected chi connectivity index (χ2v) is 7.42. The van der Waals surface area contributed by atoms with Crippen molar-refractivity contribution in [2.75, 3.05) is 6.54 Å². The fourth-order valence-electron chi connectivity index (χ4n) is 2.46. The molecule has 1 aromatic carbocycles. The number of thiazole rings is 1. The van der Waals surface area contributed by atoms with E-state index in [0.29, 0.717) is 30.0 Å². The van der Waals surface area contributed by atoms with Crippen molar-refractivity contribution in [3.05, 3.63) is 52.0 Å². The van der Waals surface area contributed by atoms with Crippen LogP contribution in [0.3, 0.4) is 0 Å². The predicted octanol–water partition coefficient (Wildman–Crippen LogP) is 2.40. The van der Waals surface area contributed by atoms with Crippen LogP contribution >= 0.6 is 11.3 Å². The lowest BCUT2D eigenvalue weighted by Gasteiger charge is -2.19. The minimum Gasteiger partial charge on any atom is -0.476 e. The van der Waals surface area contributed by atoms with Crippen LogP contribution in [0.4, 0.5) is 0 Å². The Bertz CT molecular complexity index is 789. The Kier molecular flexibility index (Phi) is 7.48. The number of rotatable bonds is 9. The molecule has 0 aliphatic heterocycles. The van der Waals surface area contributed by atoms with E-state index in [1.54, 1.807) is 12.1 Å². The van der Waals surface area contributed by atoms with Gasteiger partial charge < -0.3 is 15.7 Å².